The van der Waals surface area contributed by atoms with E-state index in [4.69, 9.17) is 0 Å². The van der Waals surface area contributed by atoms with Crippen molar-refractivity contribution >= 4 is 29.6 Å². The third kappa shape index (κ3) is 3.35. The van der Waals surface area contributed by atoms with E-state index in [1.54, 1.807) is 12.1 Å². The predicted molar refractivity (Wildman–Crippen MR) is 35.5 cm³/mol. The van der Waals surface area contributed by atoms with Crippen molar-refractivity contribution in [2.75, 3.05) is 0 Å². The number of rotatable bonds is 0. The summed E-state index contributed by atoms with van der Waals surface area (Å²) >= 11 is 0. The Morgan fingerprint density at radius 1 is 1.11 bits per heavy atom. The molecule has 1 aromatic rings. The summed E-state index contributed by atoms with van der Waals surface area (Å²) in [4.78, 5) is 17.0. The molecule has 0 N–H and O–H groups in total. The maximum atomic E-state index is 10.2. The van der Waals surface area contributed by atoms with Gasteiger partial charge in [0.2, 0.25) is 0 Å². The van der Waals surface area contributed by atoms with E-state index in [9.17, 15) is 4.79 Å². The number of aromatic nitrogens is 2. The summed E-state index contributed by atoms with van der Waals surface area (Å²) in [6, 6.07) is 3.29. The molecule has 0 radical (unpaired) electrons. The van der Waals surface area contributed by atoms with Crippen LogP contribution in [-0.4, -0.2) is 39.5 Å². The van der Waals surface area contributed by atoms with Crippen LogP contribution in [0.15, 0.2) is 29.3 Å². The average molecular weight is 132 g/mol. The van der Waals surface area contributed by atoms with Crippen molar-refractivity contribution in [3.8, 4) is 0 Å². The molecule has 0 saturated heterocycles. The minimum atomic E-state index is -0.449. The molecular weight excluding hydrogens is 127 g/mol. The van der Waals surface area contributed by atoms with Gasteiger partial charge in [-0.05, 0) is 12.1 Å². The predicted octanol–water partition coefficient (Wildman–Crippen LogP) is -0.812. The van der Waals surface area contributed by atoms with Gasteiger partial charge in [0.15, 0.2) is 0 Å². The fourth-order valence-corrected chi connectivity index (χ4v) is 0.346. The summed E-state index contributed by atoms with van der Waals surface area (Å²) in [7, 11) is 0. The molecule has 0 fully saturated rings. The average Bonchev–Trinajstić information content (AvgIpc) is 1.94. The van der Waals surface area contributed by atoms with E-state index in [0.717, 1.165) is 0 Å². The van der Waals surface area contributed by atoms with Crippen LogP contribution in [0.3, 0.4) is 0 Å². The molecule has 0 aliphatic heterocycles. The first-order valence-electron chi connectivity index (χ1n) is 2.17. The van der Waals surface area contributed by atoms with Crippen LogP contribution in [0.25, 0.3) is 0 Å². The molecule has 0 aliphatic carbocycles. The topological polar surface area (TPSA) is 42.9 Å². The Hall–Kier alpha value is -0.250. The number of nitrogens with zero attached hydrogens (tertiary/aromatic N) is 2. The van der Waals surface area contributed by atoms with E-state index >= 15 is 0 Å². The quantitative estimate of drug-likeness (QED) is 0.433. The normalized spacial score (nSPS) is 7.56. The van der Waals surface area contributed by atoms with Crippen molar-refractivity contribution in [2.45, 2.75) is 0 Å². The van der Waals surface area contributed by atoms with Crippen LogP contribution < -0.4 is 5.69 Å². The maximum absolute atomic E-state index is 10.2. The van der Waals surface area contributed by atoms with Crippen molar-refractivity contribution in [1.29, 1.82) is 0 Å². The second kappa shape index (κ2) is 4.61. The van der Waals surface area contributed by atoms with Gasteiger partial charge in [0.05, 0.1) is 0 Å². The van der Waals surface area contributed by atoms with E-state index in [1.807, 2.05) is 0 Å². The van der Waals surface area contributed by atoms with Crippen molar-refractivity contribution in [3.63, 3.8) is 0 Å². The van der Waals surface area contributed by atoms with Crippen molar-refractivity contribution in [1.82, 2.24) is 9.97 Å². The van der Waals surface area contributed by atoms with Crippen LogP contribution >= 0.6 is 0 Å². The molecule has 4 heteroatoms. The standard InChI is InChI=1S/C5H4N2O.Na.H/c8-5-6-3-1-2-4-7-5;;/h1-4H;;. The summed E-state index contributed by atoms with van der Waals surface area (Å²) in [6.45, 7) is 0. The first kappa shape index (κ1) is 8.75. The van der Waals surface area contributed by atoms with Gasteiger partial charge in [0, 0.05) is 12.4 Å². The van der Waals surface area contributed by atoms with Gasteiger partial charge in [0.25, 0.3) is 0 Å². The summed E-state index contributed by atoms with van der Waals surface area (Å²) in [5.41, 5.74) is -0.449. The number of hydrogen-bond acceptors (Lipinski definition) is 3. The fraction of sp³-hybridized carbons (Fsp3) is 0. The summed E-state index contributed by atoms with van der Waals surface area (Å²) in [6.07, 6.45) is 2.82. The molecule has 0 aromatic carbocycles. The van der Waals surface area contributed by atoms with E-state index in [-0.39, 0.29) is 29.6 Å². The van der Waals surface area contributed by atoms with Crippen LogP contribution in [0.1, 0.15) is 0 Å². The van der Waals surface area contributed by atoms with Crippen LogP contribution in [0.5, 0.6) is 0 Å². The van der Waals surface area contributed by atoms with Gasteiger partial charge in [-0.1, -0.05) is 0 Å². The van der Waals surface area contributed by atoms with Gasteiger partial charge in [-0.15, -0.1) is 0 Å². The van der Waals surface area contributed by atoms with Gasteiger partial charge in [0.1, 0.15) is 0 Å². The van der Waals surface area contributed by atoms with Crippen LogP contribution in [0, 0.1) is 0 Å². The third-order valence-corrected chi connectivity index (χ3v) is 0.653. The molecule has 0 amide bonds. The summed E-state index contributed by atoms with van der Waals surface area (Å²) < 4.78 is 0. The first-order chi connectivity index (χ1) is 3.89. The second-order valence-electron chi connectivity index (χ2n) is 1.22. The van der Waals surface area contributed by atoms with Gasteiger partial charge >= 0.3 is 35.2 Å². The molecule has 1 aromatic heterocycles. The molecule has 3 nitrogen and oxygen atoms in total. The molecule has 0 aliphatic rings. The van der Waals surface area contributed by atoms with Gasteiger partial charge < -0.3 is 0 Å². The molecule has 9 heavy (non-hydrogen) atoms. The minimum absolute atomic E-state index is 0. The van der Waals surface area contributed by atoms with E-state index in [2.05, 4.69) is 9.97 Å². The molecule has 0 atom stereocenters. The van der Waals surface area contributed by atoms with Crippen LogP contribution in [0.2, 0.25) is 0 Å². The first-order valence-corrected chi connectivity index (χ1v) is 2.17. The number of hydrogen-bond donors (Lipinski definition) is 0. The Labute approximate surface area is 74.5 Å². The SMILES string of the molecule is O=c1nccccn1.[NaH]. The van der Waals surface area contributed by atoms with Crippen molar-refractivity contribution < 1.29 is 0 Å². The molecular formula is C5H5N2NaO. The molecule has 1 heterocycles. The van der Waals surface area contributed by atoms with Gasteiger partial charge in [-0.25, -0.2) is 14.8 Å². The molecule has 0 unspecified atom stereocenters. The molecule has 1 rings (SSSR count). The molecule has 0 spiro atoms. The zero-order chi connectivity index (χ0) is 5.82. The zero-order valence-corrected chi connectivity index (χ0v) is 4.11. The molecule has 42 valence electrons. The molecule has 0 bridgehead atoms. The fourth-order valence-electron chi connectivity index (χ4n) is 0.346. The summed E-state index contributed by atoms with van der Waals surface area (Å²) in [5.74, 6) is 0. The van der Waals surface area contributed by atoms with Crippen LogP contribution in [0.4, 0.5) is 0 Å². The van der Waals surface area contributed by atoms with E-state index in [0.29, 0.717) is 0 Å². The van der Waals surface area contributed by atoms with Gasteiger partial charge in [-0.2, -0.15) is 0 Å². The van der Waals surface area contributed by atoms with Crippen molar-refractivity contribution in [2.24, 2.45) is 0 Å². The second-order valence-corrected chi connectivity index (χ2v) is 1.22. The summed E-state index contributed by atoms with van der Waals surface area (Å²) in [5, 5.41) is 0. The Kier molecular flexibility index (Phi) is 4.48. The monoisotopic (exact) mass is 132 g/mol. The Morgan fingerprint density at radius 3 is 2.00 bits per heavy atom. The van der Waals surface area contributed by atoms with E-state index < -0.39 is 5.69 Å². The van der Waals surface area contributed by atoms with E-state index in [1.165, 1.54) is 12.4 Å². The van der Waals surface area contributed by atoms with Crippen LogP contribution in [-0.2, 0) is 0 Å². The zero-order valence-electron chi connectivity index (χ0n) is 4.11. The molecule has 0 saturated carbocycles. The van der Waals surface area contributed by atoms with Crippen molar-refractivity contribution in [3.05, 3.63) is 35.0 Å². The Balaban J connectivity index is 0.000000640. The Bertz CT molecular complexity index is 206. The Morgan fingerprint density at radius 2 is 1.56 bits per heavy atom. The third-order valence-electron chi connectivity index (χ3n) is 0.653. The van der Waals surface area contributed by atoms with Gasteiger partial charge in [-0.3, -0.25) is 0 Å².